The van der Waals surface area contributed by atoms with Gasteiger partial charge in [-0.2, -0.15) is 0 Å². The van der Waals surface area contributed by atoms with Crippen molar-refractivity contribution in [1.82, 2.24) is 4.57 Å². The van der Waals surface area contributed by atoms with Gasteiger partial charge in [0.2, 0.25) is 0 Å². The fraction of sp³-hybridized carbons (Fsp3) is 0.182. The highest BCUT2D eigenvalue weighted by Gasteiger charge is 2.15. The number of aldehydes is 1. The maximum Gasteiger partial charge on any atom is 0.166 e. The molecule has 0 spiro atoms. The summed E-state index contributed by atoms with van der Waals surface area (Å²) in [5, 5.41) is 0.306. The van der Waals surface area contributed by atoms with Crippen LogP contribution in [-0.2, 0) is 7.05 Å². The summed E-state index contributed by atoms with van der Waals surface area (Å²) in [5.74, 6) is -1.27. The first-order valence-corrected chi connectivity index (χ1v) is 4.45. The third-order valence-electron chi connectivity index (χ3n) is 2.63. The summed E-state index contributed by atoms with van der Waals surface area (Å²) in [6.45, 7) is 1.65. The van der Waals surface area contributed by atoms with Crippen molar-refractivity contribution in [1.29, 1.82) is 0 Å². The van der Waals surface area contributed by atoms with Crippen LogP contribution < -0.4 is 0 Å². The zero-order valence-electron chi connectivity index (χ0n) is 8.34. The van der Waals surface area contributed by atoms with Gasteiger partial charge in [-0.05, 0) is 18.6 Å². The number of benzene rings is 1. The molecule has 0 amide bonds. The number of halogens is 2. The number of hydrogen-bond donors (Lipinski definition) is 0. The van der Waals surface area contributed by atoms with E-state index in [9.17, 15) is 13.6 Å². The summed E-state index contributed by atoms with van der Waals surface area (Å²) in [4.78, 5) is 10.8. The molecule has 2 nitrogen and oxygen atoms in total. The van der Waals surface area contributed by atoms with E-state index in [-0.39, 0.29) is 0 Å². The Balaban J connectivity index is 3.01. The number of aryl methyl sites for hydroxylation is 2. The molecular weight excluding hydrogens is 200 g/mol. The van der Waals surface area contributed by atoms with Gasteiger partial charge in [-0.15, -0.1) is 0 Å². The molecule has 0 saturated carbocycles. The van der Waals surface area contributed by atoms with Crippen LogP contribution in [0.1, 0.15) is 16.1 Å². The topological polar surface area (TPSA) is 22.0 Å². The number of aromatic nitrogens is 1. The summed E-state index contributed by atoms with van der Waals surface area (Å²) in [5.41, 5.74) is 1.31. The number of carbonyl (C=O) groups excluding carboxylic acids is 1. The summed E-state index contributed by atoms with van der Waals surface area (Å²) >= 11 is 0. The molecule has 2 aromatic rings. The van der Waals surface area contributed by atoms with Crippen LogP contribution in [0.3, 0.4) is 0 Å². The monoisotopic (exact) mass is 209 g/mol. The number of rotatable bonds is 1. The van der Waals surface area contributed by atoms with E-state index in [1.54, 1.807) is 14.0 Å². The van der Waals surface area contributed by atoms with Crippen LogP contribution in [-0.4, -0.2) is 10.9 Å². The van der Waals surface area contributed by atoms with Crippen LogP contribution >= 0.6 is 0 Å². The molecule has 0 fully saturated rings. The molecule has 0 N–H and O–H groups in total. The van der Waals surface area contributed by atoms with Gasteiger partial charge in [-0.1, -0.05) is 0 Å². The first kappa shape index (κ1) is 9.83. The fourth-order valence-electron chi connectivity index (χ4n) is 1.87. The third kappa shape index (κ3) is 1.25. The quantitative estimate of drug-likeness (QED) is 0.661. The Labute approximate surface area is 85.1 Å². The highest BCUT2D eigenvalue weighted by atomic mass is 19.1. The lowest BCUT2D eigenvalue weighted by Crippen LogP contribution is -1.95. The summed E-state index contributed by atoms with van der Waals surface area (Å²) in [6, 6.07) is 2.04. The molecule has 1 heterocycles. The van der Waals surface area contributed by atoms with Gasteiger partial charge in [0, 0.05) is 18.5 Å². The number of hydrogen-bond acceptors (Lipinski definition) is 1. The Hall–Kier alpha value is -1.71. The second-order valence-corrected chi connectivity index (χ2v) is 3.47. The van der Waals surface area contributed by atoms with Gasteiger partial charge in [-0.3, -0.25) is 4.79 Å². The third-order valence-corrected chi connectivity index (χ3v) is 2.63. The molecular formula is C11H9F2NO. The largest absolute Gasteiger partial charge is 0.341 e. The van der Waals surface area contributed by atoms with Crippen LogP contribution in [0.2, 0.25) is 0 Å². The van der Waals surface area contributed by atoms with Crippen molar-refractivity contribution in [2.24, 2.45) is 7.05 Å². The van der Waals surface area contributed by atoms with Crippen molar-refractivity contribution in [2.45, 2.75) is 6.92 Å². The predicted octanol–water partition coefficient (Wildman–Crippen LogP) is 2.58. The van der Waals surface area contributed by atoms with Crippen molar-refractivity contribution >= 4 is 17.2 Å². The Kier molecular flexibility index (Phi) is 2.07. The zero-order chi connectivity index (χ0) is 11.2. The lowest BCUT2D eigenvalue weighted by Gasteiger charge is -1.98. The summed E-state index contributed by atoms with van der Waals surface area (Å²) in [6.07, 6.45) is 0.646. The molecule has 0 atom stereocenters. The standard InChI is InChI=1S/C11H9F2NO/c1-6-10(5-15)14(2)9-4-7(12)3-8(13)11(6)9/h3-5H,1-2H3. The number of nitrogens with zero attached hydrogens (tertiary/aromatic N) is 1. The second kappa shape index (κ2) is 3.15. The second-order valence-electron chi connectivity index (χ2n) is 3.47. The minimum absolute atomic E-state index is 0.306. The van der Waals surface area contributed by atoms with Crippen LogP contribution in [0.15, 0.2) is 12.1 Å². The van der Waals surface area contributed by atoms with Crippen molar-refractivity contribution in [2.75, 3.05) is 0 Å². The Bertz CT molecular complexity index is 557. The summed E-state index contributed by atoms with van der Waals surface area (Å²) < 4.78 is 27.9. The van der Waals surface area contributed by atoms with E-state index < -0.39 is 11.6 Å². The van der Waals surface area contributed by atoms with Gasteiger partial charge < -0.3 is 4.57 Å². The van der Waals surface area contributed by atoms with Crippen molar-refractivity contribution in [3.05, 3.63) is 35.0 Å². The minimum atomic E-state index is -0.641. The smallest absolute Gasteiger partial charge is 0.166 e. The lowest BCUT2D eigenvalue weighted by atomic mass is 10.1. The number of carbonyl (C=O) groups is 1. The summed E-state index contributed by atoms with van der Waals surface area (Å²) in [7, 11) is 1.61. The maximum absolute atomic E-state index is 13.5. The molecule has 2 rings (SSSR count). The molecule has 15 heavy (non-hydrogen) atoms. The average molecular weight is 209 g/mol. The van der Waals surface area contributed by atoms with E-state index >= 15 is 0 Å². The first-order chi connectivity index (χ1) is 7.06. The minimum Gasteiger partial charge on any atom is -0.341 e. The average Bonchev–Trinajstić information content (AvgIpc) is 2.39. The highest BCUT2D eigenvalue weighted by molar-refractivity contribution is 5.93. The molecule has 0 saturated heterocycles. The normalized spacial score (nSPS) is 10.9. The van der Waals surface area contributed by atoms with Gasteiger partial charge in [-0.25, -0.2) is 8.78 Å². The van der Waals surface area contributed by atoms with E-state index in [2.05, 4.69) is 0 Å². The first-order valence-electron chi connectivity index (χ1n) is 4.45. The Morgan fingerprint density at radius 1 is 1.33 bits per heavy atom. The molecule has 1 aromatic heterocycles. The van der Waals surface area contributed by atoms with Crippen LogP contribution in [0.5, 0.6) is 0 Å². The van der Waals surface area contributed by atoms with E-state index in [0.717, 1.165) is 6.07 Å². The predicted molar refractivity (Wildman–Crippen MR) is 53.0 cm³/mol. The van der Waals surface area contributed by atoms with Crippen LogP contribution in [0.25, 0.3) is 10.9 Å². The molecule has 0 aliphatic rings. The molecule has 0 radical (unpaired) electrons. The van der Waals surface area contributed by atoms with Crippen molar-refractivity contribution < 1.29 is 13.6 Å². The van der Waals surface area contributed by atoms with Gasteiger partial charge in [0.25, 0.3) is 0 Å². The molecule has 0 bridgehead atoms. The van der Waals surface area contributed by atoms with Crippen molar-refractivity contribution in [3.8, 4) is 0 Å². The molecule has 1 aromatic carbocycles. The van der Waals surface area contributed by atoms with Crippen molar-refractivity contribution in [3.63, 3.8) is 0 Å². The van der Waals surface area contributed by atoms with Gasteiger partial charge in [0.05, 0.1) is 11.2 Å². The van der Waals surface area contributed by atoms with E-state index in [0.29, 0.717) is 28.4 Å². The number of fused-ring (bicyclic) bond motifs is 1. The Morgan fingerprint density at radius 3 is 2.60 bits per heavy atom. The SMILES string of the molecule is Cc1c(C=O)n(C)c2cc(F)cc(F)c12. The lowest BCUT2D eigenvalue weighted by molar-refractivity contribution is 0.111. The fourth-order valence-corrected chi connectivity index (χ4v) is 1.87. The zero-order valence-corrected chi connectivity index (χ0v) is 8.34. The molecule has 0 unspecified atom stereocenters. The van der Waals surface area contributed by atoms with Crippen LogP contribution in [0, 0.1) is 18.6 Å². The van der Waals surface area contributed by atoms with Crippen LogP contribution in [0.4, 0.5) is 8.78 Å². The van der Waals surface area contributed by atoms with Gasteiger partial charge in [0.15, 0.2) is 6.29 Å². The van der Waals surface area contributed by atoms with E-state index in [1.165, 1.54) is 10.6 Å². The highest BCUT2D eigenvalue weighted by Crippen LogP contribution is 2.27. The molecule has 4 heteroatoms. The van der Waals surface area contributed by atoms with Gasteiger partial charge >= 0.3 is 0 Å². The molecule has 78 valence electrons. The maximum atomic E-state index is 13.5. The molecule has 0 aliphatic heterocycles. The van der Waals surface area contributed by atoms with Gasteiger partial charge in [0.1, 0.15) is 11.6 Å². The molecule has 0 aliphatic carbocycles. The van der Waals surface area contributed by atoms with E-state index in [1.807, 2.05) is 0 Å². The Morgan fingerprint density at radius 2 is 2.00 bits per heavy atom. The van der Waals surface area contributed by atoms with E-state index in [4.69, 9.17) is 0 Å².